The van der Waals surface area contributed by atoms with E-state index in [1.54, 1.807) is 6.07 Å². The average Bonchev–Trinajstić information content (AvgIpc) is 3.24. The van der Waals surface area contributed by atoms with Crippen LogP contribution in [0.2, 0.25) is 0 Å². The van der Waals surface area contributed by atoms with Crippen LogP contribution in [0.3, 0.4) is 0 Å². The maximum atomic E-state index is 12.4. The Bertz CT molecular complexity index is 529. The lowest BCUT2D eigenvalue weighted by atomic mass is 10.0. The van der Waals surface area contributed by atoms with Gasteiger partial charge < -0.3 is 20.5 Å². The van der Waals surface area contributed by atoms with Gasteiger partial charge in [0.05, 0.1) is 6.10 Å². The number of nitrogens with one attached hydrogen (secondary N) is 1. The number of nitrogens with two attached hydrogens (primary N) is 1. The first kappa shape index (κ1) is 16.3. The molecule has 1 amide bonds. The van der Waals surface area contributed by atoms with Gasteiger partial charge in [0, 0.05) is 18.2 Å². The van der Waals surface area contributed by atoms with Crippen molar-refractivity contribution in [3.63, 3.8) is 0 Å². The van der Waals surface area contributed by atoms with Crippen LogP contribution in [0.15, 0.2) is 24.3 Å². The number of rotatable bonds is 6. The summed E-state index contributed by atoms with van der Waals surface area (Å²) >= 11 is 0. The maximum absolute atomic E-state index is 12.4. The van der Waals surface area contributed by atoms with Crippen molar-refractivity contribution in [2.75, 3.05) is 19.8 Å². The van der Waals surface area contributed by atoms with E-state index in [2.05, 4.69) is 5.32 Å². The van der Waals surface area contributed by atoms with Crippen molar-refractivity contribution < 1.29 is 14.3 Å². The van der Waals surface area contributed by atoms with Crippen molar-refractivity contribution in [1.82, 2.24) is 5.32 Å². The summed E-state index contributed by atoms with van der Waals surface area (Å²) in [5.41, 5.74) is 6.42. The highest BCUT2D eigenvalue weighted by Crippen LogP contribution is 2.25. The molecule has 3 N–H and O–H groups in total. The quantitative estimate of drug-likeness (QED) is 0.842. The lowest BCUT2D eigenvalue weighted by Gasteiger charge is -2.19. The summed E-state index contributed by atoms with van der Waals surface area (Å²) < 4.78 is 11.3. The Hall–Kier alpha value is -1.59. The maximum Gasteiger partial charge on any atom is 0.251 e. The molecule has 3 rings (SSSR count). The molecule has 1 aromatic rings. The van der Waals surface area contributed by atoms with Crippen molar-refractivity contribution in [2.24, 2.45) is 11.7 Å². The zero-order valence-electron chi connectivity index (χ0n) is 13.5. The lowest BCUT2D eigenvalue weighted by Crippen LogP contribution is -2.39. The molecule has 0 spiro atoms. The zero-order chi connectivity index (χ0) is 16.1. The molecule has 5 nitrogen and oxygen atoms in total. The number of amides is 1. The van der Waals surface area contributed by atoms with Gasteiger partial charge in [0.1, 0.15) is 12.4 Å². The third kappa shape index (κ3) is 4.24. The van der Waals surface area contributed by atoms with Gasteiger partial charge in [-0.15, -0.1) is 0 Å². The molecule has 0 aromatic heterocycles. The molecule has 0 unspecified atom stereocenters. The molecule has 3 atom stereocenters. The number of ether oxygens (including phenoxy) is 2. The summed E-state index contributed by atoms with van der Waals surface area (Å²) in [6.07, 6.45) is 5.57. The van der Waals surface area contributed by atoms with Crippen LogP contribution in [-0.4, -0.2) is 37.8 Å². The molecule has 1 saturated carbocycles. The third-order valence-corrected chi connectivity index (χ3v) is 4.83. The highest BCUT2D eigenvalue weighted by atomic mass is 16.5. The number of carbonyl (C=O) groups is 1. The van der Waals surface area contributed by atoms with Crippen molar-refractivity contribution >= 4 is 5.91 Å². The summed E-state index contributed by atoms with van der Waals surface area (Å²) in [4.78, 5) is 12.4. The summed E-state index contributed by atoms with van der Waals surface area (Å²) in [5.74, 6) is 1.07. The Morgan fingerprint density at radius 1 is 1.30 bits per heavy atom. The van der Waals surface area contributed by atoms with E-state index >= 15 is 0 Å². The van der Waals surface area contributed by atoms with E-state index in [1.165, 1.54) is 0 Å². The van der Waals surface area contributed by atoms with E-state index < -0.39 is 0 Å². The Kier molecular flexibility index (Phi) is 5.51. The van der Waals surface area contributed by atoms with E-state index in [-0.39, 0.29) is 18.1 Å². The second kappa shape index (κ2) is 7.79. The van der Waals surface area contributed by atoms with Gasteiger partial charge in [-0.1, -0.05) is 12.5 Å². The second-order valence-corrected chi connectivity index (χ2v) is 6.48. The van der Waals surface area contributed by atoms with Crippen LogP contribution >= 0.6 is 0 Å². The largest absolute Gasteiger partial charge is 0.491 e. The van der Waals surface area contributed by atoms with Crippen molar-refractivity contribution in [1.29, 1.82) is 0 Å². The van der Waals surface area contributed by atoms with Crippen LogP contribution in [0.25, 0.3) is 0 Å². The number of carbonyl (C=O) groups excluding carboxylic acids is 1. The topological polar surface area (TPSA) is 73.6 Å². The fourth-order valence-corrected chi connectivity index (χ4v) is 3.45. The molecule has 23 heavy (non-hydrogen) atoms. The first-order valence-electron chi connectivity index (χ1n) is 8.61. The average molecular weight is 318 g/mol. The fourth-order valence-electron chi connectivity index (χ4n) is 3.45. The van der Waals surface area contributed by atoms with Crippen LogP contribution in [0.4, 0.5) is 0 Å². The van der Waals surface area contributed by atoms with E-state index in [0.29, 0.717) is 24.6 Å². The number of hydrogen-bond donors (Lipinski definition) is 2. The molecule has 1 aromatic carbocycles. The Labute approximate surface area is 137 Å². The molecule has 0 bridgehead atoms. The summed E-state index contributed by atoms with van der Waals surface area (Å²) in [7, 11) is 0. The van der Waals surface area contributed by atoms with Gasteiger partial charge in [-0.25, -0.2) is 0 Å². The molecule has 0 radical (unpaired) electrons. The minimum absolute atomic E-state index is 0.0436. The molecule has 1 saturated heterocycles. The van der Waals surface area contributed by atoms with Crippen LogP contribution in [-0.2, 0) is 4.74 Å². The Morgan fingerprint density at radius 2 is 2.22 bits per heavy atom. The van der Waals surface area contributed by atoms with Crippen molar-refractivity contribution in [2.45, 2.75) is 44.2 Å². The van der Waals surface area contributed by atoms with Gasteiger partial charge in [-0.3, -0.25) is 4.79 Å². The third-order valence-electron chi connectivity index (χ3n) is 4.83. The molecule has 2 aliphatic rings. The van der Waals surface area contributed by atoms with Crippen molar-refractivity contribution in [3.05, 3.63) is 29.8 Å². The van der Waals surface area contributed by atoms with Gasteiger partial charge in [0.25, 0.3) is 5.91 Å². The Balaban J connectivity index is 1.56. The highest BCUT2D eigenvalue weighted by Gasteiger charge is 2.27. The fraction of sp³-hybridized carbons (Fsp3) is 0.611. The van der Waals surface area contributed by atoms with Crippen LogP contribution in [0.5, 0.6) is 5.75 Å². The molecule has 5 heteroatoms. The van der Waals surface area contributed by atoms with Gasteiger partial charge in [-0.2, -0.15) is 0 Å². The van der Waals surface area contributed by atoms with Gasteiger partial charge in [-0.05, 0) is 56.3 Å². The number of benzene rings is 1. The number of hydrogen-bond acceptors (Lipinski definition) is 4. The highest BCUT2D eigenvalue weighted by molar-refractivity contribution is 5.94. The second-order valence-electron chi connectivity index (χ2n) is 6.48. The lowest BCUT2D eigenvalue weighted by molar-refractivity contribution is 0.0679. The zero-order valence-corrected chi connectivity index (χ0v) is 13.5. The predicted molar refractivity (Wildman–Crippen MR) is 88.6 cm³/mol. The molecule has 126 valence electrons. The van der Waals surface area contributed by atoms with E-state index in [1.807, 2.05) is 18.2 Å². The monoisotopic (exact) mass is 318 g/mol. The van der Waals surface area contributed by atoms with E-state index in [4.69, 9.17) is 15.2 Å². The van der Waals surface area contributed by atoms with E-state index in [0.717, 1.165) is 44.5 Å². The van der Waals surface area contributed by atoms with Gasteiger partial charge in [0.2, 0.25) is 0 Å². The minimum atomic E-state index is -0.0436. The normalized spacial score (nSPS) is 27.1. The summed E-state index contributed by atoms with van der Waals surface area (Å²) in [5, 5.41) is 3.12. The molecule has 1 aliphatic heterocycles. The molecule has 1 aliphatic carbocycles. The summed E-state index contributed by atoms with van der Waals surface area (Å²) in [6, 6.07) is 7.56. The standard InChI is InChI=1S/C18H26N2O3/c19-11-14-5-2-8-17(14)20-18(21)13-4-1-6-15(10-13)23-12-16-7-3-9-22-16/h1,4,6,10,14,16-17H,2-3,5,7-9,11-12,19H2,(H,20,21)/t14-,16+,17+/m0/s1. The molecular weight excluding hydrogens is 292 g/mol. The first-order chi connectivity index (χ1) is 11.3. The Morgan fingerprint density at radius 3 is 3.00 bits per heavy atom. The van der Waals surface area contributed by atoms with E-state index in [9.17, 15) is 4.79 Å². The molecule has 2 fully saturated rings. The molecular formula is C18H26N2O3. The summed E-state index contributed by atoms with van der Waals surface area (Å²) in [6.45, 7) is 2.00. The van der Waals surface area contributed by atoms with Crippen LogP contribution < -0.4 is 15.8 Å². The molecule has 1 heterocycles. The smallest absolute Gasteiger partial charge is 0.251 e. The van der Waals surface area contributed by atoms with Gasteiger partial charge >= 0.3 is 0 Å². The van der Waals surface area contributed by atoms with Crippen molar-refractivity contribution in [3.8, 4) is 5.75 Å². The minimum Gasteiger partial charge on any atom is -0.491 e. The predicted octanol–water partition coefficient (Wildman–Crippen LogP) is 2.10. The van der Waals surface area contributed by atoms with Crippen LogP contribution in [0.1, 0.15) is 42.5 Å². The van der Waals surface area contributed by atoms with Crippen LogP contribution in [0, 0.1) is 5.92 Å². The first-order valence-corrected chi connectivity index (χ1v) is 8.61. The van der Waals surface area contributed by atoms with Gasteiger partial charge in [0.15, 0.2) is 0 Å². The SMILES string of the molecule is NC[C@@H]1CCC[C@H]1NC(=O)c1cccc(OC[C@H]2CCCO2)c1.